The Morgan fingerprint density at radius 3 is 2.13 bits per heavy atom. The van der Waals surface area contributed by atoms with E-state index < -0.39 is 29.7 Å². The number of hydrogen-bond acceptors (Lipinski definition) is 7. The molecule has 0 saturated carbocycles. The molecule has 1 atom stereocenters. The molecule has 3 rings (SSSR count). The number of anilines is 1. The van der Waals surface area contributed by atoms with Crippen LogP contribution in [0, 0.1) is 5.92 Å². The molecule has 5 amide bonds. The first-order valence-electron chi connectivity index (χ1n) is 8.75. The number of rotatable bonds is 6. The van der Waals surface area contributed by atoms with E-state index in [0.29, 0.717) is 17.1 Å². The van der Waals surface area contributed by atoms with Crippen molar-refractivity contribution in [2.75, 3.05) is 19.1 Å². The van der Waals surface area contributed by atoms with Crippen molar-refractivity contribution in [3.05, 3.63) is 54.1 Å². The Kier molecular flexibility index (Phi) is 6.06. The maximum atomic E-state index is 12.7. The van der Waals surface area contributed by atoms with E-state index >= 15 is 0 Å². The van der Waals surface area contributed by atoms with E-state index in [0.717, 1.165) is 11.1 Å². The van der Waals surface area contributed by atoms with Gasteiger partial charge >= 0.3 is 6.03 Å². The molecule has 0 radical (unpaired) electrons. The maximum Gasteiger partial charge on any atom is 0.335 e. The van der Waals surface area contributed by atoms with Crippen LogP contribution in [0.2, 0.25) is 0 Å². The number of ether oxygens (including phenoxy) is 2. The summed E-state index contributed by atoms with van der Waals surface area (Å²) in [6.45, 7) is 0. The molecule has 0 spiro atoms. The van der Waals surface area contributed by atoms with Crippen molar-refractivity contribution in [1.29, 1.82) is 0 Å². The van der Waals surface area contributed by atoms with Crippen LogP contribution in [0.5, 0.6) is 11.5 Å². The molecule has 2 aromatic carbocycles. The van der Waals surface area contributed by atoms with Gasteiger partial charge in [0.2, 0.25) is 5.91 Å². The van der Waals surface area contributed by atoms with Crippen molar-refractivity contribution < 1.29 is 28.7 Å². The van der Waals surface area contributed by atoms with Crippen LogP contribution in [0.4, 0.5) is 10.5 Å². The molecule has 1 saturated heterocycles. The highest BCUT2D eigenvalue weighted by atomic mass is 16.5. The second-order valence-electron chi connectivity index (χ2n) is 6.09. The van der Waals surface area contributed by atoms with Gasteiger partial charge in [-0.15, -0.1) is 0 Å². The smallest absolute Gasteiger partial charge is 0.335 e. The fourth-order valence-electron chi connectivity index (χ4n) is 2.67. The van der Waals surface area contributed by atoms with Gasteiger partial charge in [0.05, 0.1) is 19.9 Å². The Labute approximate surface area is 171 Å². The van der Waals surface area contributed by atoms with Crippen molar-refractivity contribution in [3.63, 3.8) is 0 Å². The molecule has 2 N–H and O–H groups in total. The van der Waals surface area contributed by atoms with Crippen LogP contribution in [0.1, 0.15) is 10.4 Å². The van der Waals surface area contributed by atoms with Crippen molar-refractivity contribution in [1.82, 2.24) is 10.7 Å². The number of barbiturate groups is 1. The molecule has 1 aliphatic rings. The zero-order chi connectivity index (χ0) is 21.7. The number of benzene rings is 2. The van der Waals surface area contributed by atoms with Crippen LogP contribution in [-0.2, 0) is 9.59 Å². The minimum Gasteiger partial charge on any atom is -0.497 e. The topological polar surface area (TPSA) is 126 Å². The number of carbonyl (C=O) groups excluding carboxylic acids is 4. The second-order valence-corrected chi connectivity index (χ2v) is 6.09. The van der Waals surface area contributed by atoms with Crippen LogP contribution in [0.25, 0.3) is 0 Å². The predicted octanol–water partition coefficient (Wildman–Crippen LogP) is 1.32. The predicted molar refractivity (Wildman–Crippen MR) is 106 cm³/mol. The van der Waals surface area contributed by atoms with Gasteiger partial charge in [0, 0.05) is 11.8 Å². The number of carbonyl (C=O) groups is 4. The number of methoxy groups -OCH3 is 2. The fourth-order valence-corrected chi connectivity index (χ4v) is 2.67. The highest BCUT2D eigenvalue weighted by molar-refractivity contribution is 6.32. The van der Waals surface area contributed by atoms with Gasteiger partial charge in [-0.25, -0.2) is 15.1 Å². The molecule has 1 heterocycles. The minimum absolute atomic E-state index is 0.256. The number of hydrazone groups is 1. The molecule has 1 fully saturated rings. The molecule has 30 heavy (non-hydrogen) atoms. The van der Waals surface area contributed by atoms with E-state index in [2.05, 4.69) is 15.8 Å². The number of hydrogen-bond donors (Lipinski definition) is 2. The van der Waals surface area contributed by atoms with Gasteiger partial charge in [0.15, 0.2) is 5.92 Å². The lowest BCUT2D eigenvalue weighted by Gasteiger charge is -2.28. The quantitative estimate of drug-likeness (QED) is 0.420. The summed E-state index contributed by atoms with van der Waals surface area (Å²) in [5.41, 5.74) is 2.81. The molecule has 0 aromatic heterocycles. The van der Waals surface area contributed by atoms with E-state index in [1.165, 1.54) is 38.5 Å². The maximum absolute atomic E-state index is 12.7. The van der Waals surface area contributed by atoms with Crippen molar-refractivity contribution in [2.45, 2.75) is 0 Å². The summed E-state index contributed by atoms with van der Waals surface area (Å²) in [4.78, 5) is 49.9. The Morgan fingerprint density at radius 1 is 1.00 bits per heavy atom. The lowest BCUT2D eigenvalue weighted by atomic mass is 10.1. The number of nitrogens with one attached hydrogen (secondary N) is 2. The molecule has 0 aliphatic carbocycles. The molecular formula is C20H18N4O6. The average molecular weight is 410 g/mol. The first-order valence-corrected chi connectivity index (χ1v) is 8.75. The lowest BCUT2D eigenvalue weighted by molar-refractivity contribution is -0.131. The number of amides is 5. The summed E-state index contributed by atoms with van der Waals surface area (Å²) in [5.74, 6) is -2.43. The number of nitrogens with zero attached hydrogens (tertiary/aromatic N) is 2. The molecular weight excluding hydrogens is 392 g/mol. The van der Waals surface area contributed by atoms with Crippen LogP contribution in [0.3, 0.4) is 0 Å². The number of imide groups is 2. The first-order chi connectivity index (χ1) is 14.4. The standard InChI is InChI=1S/C20H18N4O6/c1-29-14-7-3-12(4-8-14)17(25)23-21-11-16-18(26)22-20(28)24(19(16)27)13-5-9-15(30-2)10-6-13/h3-11,16H,1-2H3,(H,23,25)(H,22,26,28). The molecule has 154 valence electrons. The summed E-state index contributed by atoms with van der Waals surface area (Å²) in [5, 5.41) is 5.80. The summed E-state index contributed by atoms with van der Waals surface area (Å²) >= 11 is 0. The third kappa shape index (κ3) is 4.27. The van der Waals surface area contributed by atoms with Gasteiger partial charge in [0.1, 0.15) is 11.5 Å². The minimum atomic E-state index is -1.39. The zero-order valence-electron chi connectivity index (χ0n) is 16.1. The van der Waals surface area contributed by atoms with E-state index in [-0.39, 0.29) is 5.69 Å². The van der Waals surface area contributed by atoms with Crippen molar-refractivity contribution in [2.24, 2.45) is 11.0 Å². The van der Waals surface area contributed by atoms with Gasteiger partial charge in [0.25, 0.3) is 11.8 Å². The lowest BCUT2D eigenvalue weighted by Crippen LogP contribution is -2.58. The SMILES string of the molecule is COc1ccc(C(=O)NN=CC2C(=O)NC(=O)N(c3ccc(OC)cc3)C2=O)cc1. The van der Waals surface area contributed by atoms with Gasteiger partial charge < -0.3 is 9.47 Å². The molecule has 10 heteroatoms. The average Bonchev–Trinajstić information content (AvgIpc) is 2.76. The van der Waals surface area contributed by atoms with Crippen molar-refractivity contribution in [3.8, 4) is 11.5 Å². The molecule has 1 aliphatic heterocycles. The van der Waals surface area contributed by atoms with Crippen LogP contribution in [0.15, 0.2) is 53.6 Å². The van der Waals surface area contributed by atoms with Gasteiger partial charge in [-0.3, -0.25) is 19.7 Å². The fraction of sp³-hybridized carbons (Fsp3) is 0.150. The highest BCUT2D eigenvalue weighted by Crippen LogP contribution is 2.23. The zero-order valence-corrected chi connectivity index (χ0v) is 16.1. The van der Waals surface area contributed by atoms with Crippen LogP contribution < -0.4 is 25.1 Å². The summed E-state index contributed by atoms with van der Waals surface area (Å²) < 4.78 is 10.1. The van der Waals surface area contributed by atoms with Crippen LogP contribution >= 0.6 is 0 Å². The highest BCUT2D eigenvalue weighted by Gasteiger charge is 2.40. The molecule has 10 nitrogen and oxygen atoms in total. The first kappa shape index (κ1) is 20.5. The Hall–Kier alpha value is -4.21. The van der Waals surface area contributed by atoms with E-state index in [9.17, 15) is 19.2 Å². The third-order valence-electron chi connectivity index (χ3n) is 4.27. The summed E-state index contributed by atoms with van der Waals surface area (Å²) in [7, 11) is 2.99. The summed E-state index contributed by atoms with van der Waals surface area (Å²) in [6.07, 6.45) is 0.974. The molecule has 2 aromatic rings. The normalized spacial score (nSPS) is 16.4. The number of urea groups is 1. The monoisotopic (exact) mass is 410 g/mol. The van der Waals surface area contributed by atoms with Crippen LogP contribution in [-0.4, -0.2) is 44.2 Å². The van der Waals surface area contributed by atoms with Gasteiger partial charge in [-0.05, 0) is 48.5 Å². The second kappa shape index (κ2) is 8.86. The van der Waals surface area contributed by atoms with E-state index in [4.69, 9.17) is 9.47 Å². The molecule has 0 bridgehead atoms. The Balaban J connectivity index is 1.72. The Morgan fingerprint density at radius 2 is 1.57 bits per heavy atom. The van der Waals surface area contributed by atoms with Crippen molar-refractivity contribution >= 4 is 35.7 Å². The Bertz CT molecular complexity index is 1000. The van der Waals surface area contributed by atoms with E-state index in [1.54, 1.807) is 24.3 Å². The largest absolute Gasteiger partial charge is 0.497 e. The van der Waals surface area contributed by atoms with Gasteiger partial charge in [-0.2, -0.15) is 5.10 Å². The molecule has 1 unspecified atom stereocenters. The third-order valence-corrected chi connectivity index (χ3v) is 4.27. The van der Waals surface area contributed by atoms with E-state index in [1.807, 2.05) is 0 Å². The summed E-state index contributed by atoms with van der Waals surface area (Å²) in [6, 6.07) is 11.6. The van der Waals surface area contributed by atoms with Gasteiger partial charge in [-0.1, -0.05) is 0 Å².